The van der Waals surface area contributed by atoms with E-state index >= 15 is 0 Å². The predicted octanol–water partition coefficient (Wildman–Crippen LogP) is 9.50. The molecule has 7 atom stereocenters. The molecule has 0 aliphatic carbocycles. The van der Waals surface area contributed by atoms with E-state index in [0.29, 0.717) is 6.42 Å². The van der Waals surface area contributed by atoms with E-state index in [1.165, 1.54) is 148 Å². The second-order valence-corrected chi connectivity index (χ2v) is 16.2. The zero-order valence-electron chi connectivity index (χ0n) is 35.4. The lowest BCUT2D eigenvalue weighted by Crippen LogP contribution is -2.60. The van der Waals surface area contributed by atoms with E-state index in [2.05, 4.69) is 31.3 Å². The third kappa shape index (κ3) is 27.9. The summed E-state index contributed by atoms with van der Waals surface area (Å²) in [6.07, 6.45) is 36.5. The number of ether oxygens (including phenoxy) is 2. The average molecular weight is 782 g/mol. The van der Waals surface area contributed by atoms with Gasteiger partial charge in [-0.05, 0) is 44.9 Å². The van der Waals surface area contributed by atoms with Crippen LogP contribution in [0.3, 0.4) is 0 Å². The van der Waals surface area contributed by atoms with Crippen LogP contribution in [0.1, 0.15) is 206 Å². The molecule has 1 saturated heterocycles. The maximum atomic E-state index is 12.9. The minimum Gasteiger partial charge on any atom is -0.394 e. The van der Waals surface area contributed by atoms with Crippen molar-refractivity contribution in [3.05, 3.63) is 24.3 Å². The van der Waals surface area contributed by atoms with Crippen LogP contribution in [-0.2, 0) is 14.3 Å². The van der Waals surface area contributed by atoms with Gasteiger partial charge >= 0.3 is 0 Å². The van der Waals surface area contributed by atoms with Crippen molar-refractivity contribution in [1.29, 1.82) is 0 Å². The SMILES string of the molecule is CCCCCCCC/C=C\CCCCCCCCCCCCC(=O)N[C@@H](CO[C@@H]1O[C@H](CO)[C@@H](O)[C@H](O)[C@H]1O)[C@H](O)/C=C/CCCCCCCCCCCC. The largest absolute Gasteiger partial charge is 0.394 e. The zero-order valence-corrected chi connectivity index (χ0v) is 35.4. The number of aliphatic hydroxyl groups is 5. The predicted molar refractivity (Wildman–Crippen MR) is 226 cm³/mol. The first-order valence-corrected chi connectivity index (χ1v) is 23.1. The summed E-state index contributed by atoms with van der Waals surface area (Å²) in [7, 11) is 0. The van der Waals surface area contributed by atoms with Crippen molar-refractivity contribution in [2.75, 3.05) is 13.2 Å². The Labute approximate surface area is 337 Å². The molecule has 0 saturated carbocycles. The van der Waals surface area contributed by atoms with Crippen LogP contribution in [0.2, 0.25) is 0 Å². The van der Waals surface area contributed by atoms with Crippen molar-refractivity contribution in [3.8, 4) is 0 Å². The van der Waals surface area contributed by atoms with Gasteiger partial charge in [0.15, 0.2) is 6.29 Å². The number of allylic oxidation sites excluding steroid dienone is 3. The number of rotatable bonds is 38. The molecule has 0 aromatic rings. The first-order valence-electron chi connectivity index (χ1n) is 23.1. The van der Waals surface area contributed by atoms with Gasteiger partial charge in [0, 0.05) is 6.42 Å². The molecular formula is C46H87NO8. The zero-order chi connectivity index (χ0) is 40.2. The second kappa shape index (κ2) is 37.0. The van der Waals surface area contributed by atoms with Gasteiger partial charge in [-0.25, -0.2) is 0 Å². The van der Waals surface area contributed by atoms with E-state index in [1.54, 1.807) is 6.08 Å². The number of unbranched alkanes of at least 4 members (excludes halogenated alkanes) is 26. The van der Waals surface area contributed by atoms with E-state index < -0.39 is 49.5 Å². The van der Waals surface area contributed by atoms with Crippen LogP contribution in [0.15, 0.2) is 24.3 Å². The van der Waals surface area contributed by atoms with E-state index in [0.717, 1.165) is 38.5 Å². The minimum atomic E-state index is -1.56. The van der Waals surface area contributed by atoms with Crippen LogP contribution >= 0.6 is 0 Å². The maximum Gasteiger partial charge on any atom is 0.220 e. The van der Waals surface area contributed by atoms with Gasteiger partial charge in [-0.15, -0.1) is 0 Å². The molecule has 0 unspecified atom stereocenters. The molecule has 9 nitrogen and oxygen atoms in total. The van der Waals surface area contributed by atoms with E-state index in [1.807, 2.05) is 6.08 Å². The Kier molecular flexibility index (Phi) is 34.7. The standard InChI is InChI=1S/C46H87NO8/c1-3-5-7-9-11-13-15-17-18-19-20-21-22-23-24-26-28-30-32-34-36-42(50)47-39(38-54-46-45(53)44(52)43(51)41(37-48)55-46)40(49)35-33-31-29-27-25-16-14-12-10-8-6-4-2/h17-18,33,35,39-41,43-46,48-49,51-53H,3-16,19-32,34,36-38H2,1-2H3,(H,47,50)/b18-17-,35-33+/t39-,40+,41+,43+,44-,45+,46+/m0/s1. The molecule has 0 bridgehead atoms. The highest BCUT2D eigenvalue weighted by Gasteiger charge is 2.44. The molecule has 0 radical (unpaired) electrons. The molecule has 1 rings (SSSR count). The number of carbonyl (C=O) groups excluding carboxylic acids is 1. The minimum absolute atomic E-state index is 0.179. The number of nitrogens with one attached hydrogen (secondary N) is 1. The van der Waals surface area contributed by atoms with Crippen molar-refractivity contribution in [2.45, 2.75) is 249 Å². The van der Waals surface area contributed by atoms with E-state index in [-0.39, 0.29) is 12.5 Å². The lowest BCUT2D eigenvalue weighted by Gasteiger charge is -2.40. The highest BCUT2D eigenvalue weighted by Crippen LogP contribution is 2.22. The van der Waals surface area contributed by atoms with Crippen molar-refractivity contribution in [3.63, 3.8) is 0 Å². The van der Waals surface area contributed by atoms with E-state index in [4.69, 9.17) is 9.47 Å². The first-order chi connectivity index (χ1) is 26.8. The molecule has 0 aromatic heterocycles. The van der Waals surface area contributed by atoms with Crippen molar-refractivity contribution in [2.24, 2.45) is 0 Å². The van der Waals surface area contributed by atoms with Crippen LogP contribution in [-0.4, -0.2) is 87.5 Å². The first kappa shape index (κ1) is 51.7. The second-order valence-electron chi connectivity index (χ2n) is 16.2. The Bertz CT molecular complexity index is 914. The number of aliphatic hydroxyl groups excluding tert-OH is 5. The molecule has 1 heterocycles. The van der Waals surface area contributed by atoms with Gasteiger partial charge in [-0.1, -0.05) is 179 Å². The normalized spacial score (nSPS) is 21.5. The van der Waals surface area contributed by atoms with Crippen LogP contribution in [0.25, 0.3) is 0 Å². The molecular weight excluding hydrogens is 695 g/mol. The van der Waals surface area contributed by atoms with Crippen molar-refractivity contribution >= 4 is 5.91 Å². The fourth-order valence-electron chi connectivity index (χ4n) is 7.27. The Morgan fingerprint density at radius 1 is 0.600 bits per heavy atom. The highest BCUT2D eigenvalue weighted by molar-refractivity contribution is 5.76. The molecule has 6 N–H and O–H groups in total. The smallest absolute Gasteiger partial charge is 0.220 e. The Morgan fingerprint density at radius 2 is 1.02 bits per heavy atom. The summed E-state index contributed by atoms with van der Waals surface area (Å²) >= 11 is 0. The topological polar surface area (TPSA) is 149 Å². The summed E-state index contributed by atoms with van der Waals surface area (Å²) in [6, 6.07) is -0.801. The number of hydrogen-bond acceptors (Lipinski definition) is 8. The van der Waals surface area contributed by atoms with Gasteiger partial charge in [0.25, 0.3) is 0 Å². The molecule has 9 heteroatoms. The summed E-state index contributed by atoms with van der Waals surface area (Å²) < 4.78 is 11.2. The van der Waals surface area contributed by atoms with E-state index in [9.17, 15) is 30.3 Å². The molecule has 1 aliphatic rings. The summed E-state index contributed by atoms with van der Waals surface area (Å²) in [4.78, 5) is 12.9. The van der Waals surface area contributed by atoms with Gasteiger partial charge in [0.1, 0.15) is 24.4 Å². The number of hydrogen-bond donors (Lipinski definition) is 6. The Balaban J connectivity index is 2.31. The van der Waals surface area contributed by atoms with Crippen LogP contribution in [0.4, 0.5) is 0 Å². The molecule has 1 fully saturated rings. The quantitative estimate of drug-likeness (QED) is 0.0268. The number of carbonyl (C=O) groups is 1. The van der Waals surface area contributed by atoms with Gasteiger partial charge in [-0.3, -0.25) is 4.79 Å². The molecule has 0 spiro atoms. The third-order valence-electron chi connectivity index (χ3n) is 11.0. The molecule has 1 amide bonds. The Morgan fingerprint density at radius 3 is 1.47 bits per heavy atom. The molecule has 0 aromatic carbocycles. The summed E-state index contributed by atoms with van der Waals surface area (Å²) in [6.45, 7) is 3.76. The highest BCUT2D eigenvalue weighted by atomic mass is 16.7. The fourth-order valence-corrected chi connectivity index (χ4v) is 7.27. The summed E-state index contributed by atoms with van der Waals surface area (Å²) in [5.74, 6) is -0.179. The lowest BCUT2D eigenvalue weighted by atomic mass is 9.99. The summed E-state index contributed by atoms with van der Waals surface area (Å²) in [5.41, 5.74) is 0. The third-order valence-corrected chi connectivity index (χ3v) is 11.0. The van der Waals surface area contributed by atoms with Gasteiger partial charge in [-0.2, -0.15) is 0 Å². The summed E-state index contributed by atoms with van der Waals surface area (Å²) in [5, 5.41) is 54.1. The van der Waals surface area contributed by atoms with Crippen LogP contribution < -0.4 is 5.32 Å². The van der Waals surface area contributed by atoms with Crippen molar-refractivity contribution < 1.29 is 39.8 Å². The molecule has 324 valence electrons. The fraction of sp³-hybridized carbons (Fsp3) is 0.891. The van der Waals surface area contributed by atoms with Crippen LogP contribution in [0, 0.1) is 0 Å². The lowest BCUT2D eigenvalue weighted by molar-refractivity contribution is -0.302. The maximum absolute atomic E-state index is 12.9. The Hall–Kier alpha value is -1.33. The molecule has 55 heavy (non-hydrogen) atoms. The molecule has 1 aliphatic heterocycles. The van der Waals surface area contributed by atoms with Gasteiger partial charge < -0.3 is 40.3 Å². The van der Waals surface area contributed by atoms with Gasteiger partial charge in [0.2, 0.25) is 5.91 Å². The average Bonchev–Trinajstić information content (AvgIpc) is 3.18. The van der Waals surface area contributed by atoms with Crippen LogP contribution in [0.5, 0.6) is 0 Å². The van der Waals surface area contributed by atoms with Gasteiger partial charge in [0.05, 0.1) is 25.4 Å². The van der Waals surface area contributed by atoms with Crippen molar-refractivity contribution in [1.82, 2.24) is 5.32 Å². The number of amides is 1. The monoisotopic (exact) mass is 782 g/mol.